The van der Waals surface area contributed by atoms with Gasteiger partial charge in [0, 0.05) is 28.3 Å². The van der Waals surface area contributed by atoms with Gasteiger partial charge in [0.05, 0.1) is 5.69 Å². The zero-order valence-corrected chi connectivity index (χ0v) is 15.5. The molecular formula is C19H15BrFN3O2. The third-order valence-electron chi connectivity index (χ3n) is 3.77. The number of nitrogens with one attached hydrogen (secondary N) is 1. The molecule has 0 bridgehead atoms. The second-order valence-electron chi connectivity index (χ2n) is 5.66. The zero-order valence-electron chi connectivity index (χ0n) is 13.9. The van der Waals surface area contributed by atoms with Gasteiger partial charge >= 0.3 is 0 Å². The molecule has 1 amide bonds. The van der Waals surface area contributed by atoms with E-state index in [2.05, 4.69) is 26.3 Å². The lowest BCUT2D eigenvalue weighted by molar-refractivity contribution is 0.0942. The van der Waals surface area contributed by atoms with E-state index in [9.17, 15) is 14.0 Å². The van der Waals surface area contributed by atoms with Crippen LogP contribution in [-0.4, -0.2) is 15.7 Å². The molecular weight excluding hydrogens is 401 g/mol. The molecule has 0 aliphatic heterocycles. The monoisotopic (exact) mass is 415 g/mol. The highest BCUT2D eigenvalue weighted by atomic mass is 79.9. The van der Waals surface area contributed by atoms with Gasteiger partial charge in [-0.25, -0.2) is 9.07 Å². The number of carbonyl (C=O) groups excluding carboxylic acids is 1. The Morgan fingerprint density at radius 1 is 1.19 bits per heavy atom. The van der Waals surface area contributed by atoms with Crippen LogP contribution in [0, 0.1) is 12.7 Å². The second kappa shape index (κ2) is 7.61. The first-order chi connectivity index (χ1) is 12.5. The largest absolute Gasteiger partial charge is 0.346 e. The van der Waals surface area contributed by atoms with E-state index in [1.54, 1.807) is 19.1 Å². The topological polar surface area (TPSA) is 64.0 Å². The molecule has 2 aromatic carbocycles. The van der Waals surface area contributed by atoms with E-state index in [4.69, 9.17) is 0 Å². The Bertz CT molecular complexity index is 1020. The van der Waals surface area contributed by atoms with Gasteiger partial charge in [-0.3, -0.25) is 9.59 Å². The van der Waals surface area contributed by atoms with Gasteiger partial charge in [-0.2, -0.15) is 5.10 Å². The number of benzene rings is 2. The summed E-state index contributed by atoms with van der Waals surface area (Å²) in [6.45, 7) is 1.68. The van der Waals surface area contributed by atoms with Crippen LogP contribution in [0.5, 0.6) is 0 Å². The average Bonchev–Trinajstić information content (AvgIpc) is 2.63. The van der Waals surface area contributed by atoms with Crippen LogP contribution in [-0.2, 0) is 6.54 Å². The molecule has 0 aliphatic carbocycles. The van der Waals surface area contributed by atoms with Crippen LogP contribution in [0.2, 0.25) is 0 Å². The van der Waals surface area contributed by atoms with Crippen molar-refractivity contribution in [1.82, 2.24) is 15.1 Å². The minimum Gasteiger partial charge on any atom is -0.346 e. The molecule has 0 atom stereocenters. The van der Waals surface area contributed by atoms with E-state index >= 15 is 0 Å². The smallest absolute Gasteiger partial charge is 0.276 e. The number of nitrogens with zero attached hydrogens (tertiary/aromatic N) is 2. The molecule has 7 heteroatoms. The fourth-order valence-corrected chi connectivity index (χ4v) is 2.88. The van der Waals surface area contributed by atoms with Crippen molar-refractivity contribution < 1.29 is 9.18 Å². The van der Waals surface area contributed by atoms with Crippen molar-refractivity contribution in [2.75, 3.05) is 0 Å². The SMILES string of the molecule is Cc1cc(=O)c(C(=O)NCc2cc(Br)ccc2F)nn1-c1ccccc1. The van der Waals surface area contributed by atoms with Crippen LogP contribution in [0.1, 0.15) is 21.7 Å². The van der Waals surface area contributed by atoms with E-state index in [-0.39, 0.29) is 12.2 Å². The number of hydrogen-bond acceptors (Lipinski definition) is 3. The number of aromatic nitrogens is 2. The Balaban J connectivity index is 1.87. The Kier molecular flexibility index (Phi) is 5.27. The van der Waals surface area contributed by atoms with Crippen LogP contribution in [0.15, 0.2) is 63.9 Å². The molecule has 1 heterocycles. The number of amides is 1. The van der Waals surface area contributed by atoms with Crippen LogP contribution in [0.25, 0.3) is 5.69 Å². The predicted molar refractivity (Wildman–Crippen MR) is 99.8 cm³/mol. The van der Waals surface area contributed by atoms with Crippen molar-refractivity contribution in [2.45, 2.75) is 13.5 Å². The maximum atomic E-state index is 13.8. The maximum Gasteiger partial charge on any atom is 0.276 e. The molecule has 1 aromatic heterocycles. The third kappa shape index (κ3) is 3.88. The first-order valence-corrected chi connectivity index (χ1v) is 8.63. The molecule has 0 aliphatic rings. The van der Waals surface area contributed by atoms with Crippen LogP contribution in [0.4, 0.5) is 4.39 Å². The molecule has 26 heavy (non-hydrogen) atoms. The van der Waals surface area contributed by atoms with Crippen molar-refractivity contribution in [1.29, 1.82) is 0 Å². The lowest BCUT2D eigenvalue weighted by Gasteiger charge is -2.11. The van der Waals surface area contributed by atoms with E-state index in [0.717, 1.165) is 5.69 Å². The quantitative estimate of drug-likeness (QED) is 0.710. The fourth-order valence-electron chi connectivity index (χ4n) is 2.47. The molecule has 0 saturated carbocycles. The predicted octanol–water partition coefficient (Wildman–Crippen LogP) is 3.37. The highest BCUT2D eigenvalue weighted by Crippen LogP contribution is 2.15. The summed E-state index contributed by atoms with van der Waals surface area (Å²) in [5.41, 5.74) is 0.924. The lowest BCUT2D eigenvalue weighted by Crippen LogP contribution is -2.31. The summed E-state index contributed by atoms with van der Waals surface area (Å²) >= 11 is 3.26. The molecule has 0 fully saturated rings. The molecule has 3 rings (SSSR count). The van der Waals surface area contributed by atoms with Gasteiger partial charge in [0.2, 0.25) is 5.43 Å². The van der Waals surface area contributed by atoms with E-state index in [0.29, 0.717) is 15.7 Å². The standard InChI is InChI=1S/C19H15BrFN3O2/c1-12-9-17(25)18(23-24(12)15-5-3-2-4-6-15)19(26)22-11-13-10-14(20)7-8-16(13)21/h2-10H,11H2,1H3,(H,22,26). The summed E-state index contributed by atoms with van der Waals surface area (Å²) in [6.07, 6.45) is 0. The Labute approximate surface area is 157 Å². The van der Waals surface area contributed by atoms with Gasteiger partial charge in [-0.05, 0) is 37.3 Å². The molecule has 0 saturated heterocycles. The Morgan fingerprint density at radius 2 is 1.92 bits per heavy atom. The number of rotatable bonds is 4. The van der Waals surface area contributed by atoms with Crippen molar-refractivity contribution in [3.05, 3.63) is 92.1 Å². The number of para-hydroxylation sites is 1. The van der Waals surface area contributed by atoms with Gasteiger partial charge in [0.1, 0.15) is 5.82 Å². The summed E-state index contributed by atoms with van der Waals surface area (Å²) in [4.78, 5) is 24.6. The summed E-state index contributed by atoms with van der Waals surface area (Å²) in [7, 11) is 0. The molecule has 3 aromatic rings. The van der Waals surface area contributed by atoms with E-state index in [1.807, 2.05) is 30.3 Å². The second-order valence-corrected chi connectivity index (χ2v) is 6.58. The first kappa shape index (κ1) is 18.0. The van der Waals surface area contributed by atoms with Crippen molar-refractivity contribution in [3.8, 4) is 5.69 Å². The fraction of sp³-hybridized carbons (Fsp3) is 0.105. The zero-order chi connectivity index (χ0) is 18.7. The summed E-state index contributed by atoms with van der Waals surface area (Å²) in [6, 6.07) is 15.0. The minimum atomic E-state index is -0.654. The Morgan fingerprint density at radius 3 is 2.65 bits per heavy atom. The first-order valence-electron chi connectivity index (χ1n) is 7.84. The number of halogens is 2. The molecule has 5 nitrogen and oxygen atoms in total. The van der Waals surface area contributed by atoms with Gasteiger partial charge in [-0.1, -0.05) is 34.1 Å². The normalized spacial score (nSPS) is 10.6. The Hall–Kier alpha value is -2.80. The van der Waals surface area contributed by atoms with Crippen LogP contribution in [0.3, 0.4) is 0 Å². The van der Waals surface area contributed by atoms with Gasteiger partial charge in [0.15, 0.2) is 5.69 Å². The van der Waals surface area contributed by atoms with E-state index < -0.39 is 17.2 Å². The average molecular weight is 416 g/mol. The number of aryl methyl sites for hydroxylation is 1. The third-order valence-corrected chi connectivity index (χ3v) is 4.26. The molecule has 1 N–H and O–H groups in total. The maximum absolute atomic E-state index is 13.8. The molecule has 0 spiro atoms. The summed E-state index contributed by atoms with van der Waals surface area (Å²) in [5, 5.41) is 6.73. The van der Waals surface area contributed by atoms with Crippen molar-refractivity contribution in [3.63, 3.8) is 0 Å². The van der Waals surface area contributed by atoms with Gasteiger partial charge < -0.3 is 5.32 Å². The lowest BCUT2D eigenvalue weighted by atomic mass is 10.2. The van der Waals surface area contributed by atoms with Gasteiger partial charge in [-0.15, -0.1) is 0 Å². The van der Waals surface area contributed by atoms with E-state index in [1.165, 1.54) is 16.8 Å². The highest BCUT2D eigenvalue weighted by Gasteiger charge is 2.16. The number of hydrogen-bond donors (Lipinski definition) is 1. The van der Waals surface area contributed by atoms with Crippen LogP contribution >= 0.6 is 15.9 Å². The highest BCUT2D eigenvalue weighted by molar-refractivity contribution is 9.10. The van der Waals surface area contributed by atoms with Crippen molar-refractivity contribution >= 4 is 21.8 Å². The van der Waals surface area contributed by atoms with Gasteiger partial charge in [0.25, 0.3) is 5.91 Å². The summed E-state index contributed by atoms with van der Waals surface area (Å²) in [5.74, 6) is -1.09. The molecule has 0 unspecified atom stereocenters. The number of carbonyl (C=O) groups is 1. The van der Waals surface area contributed by atoms with Crippen LogP contribution < -0.4 is 10.7 Å². The molecule has 132 valence electrons. The van der Waals surface area contributed by atoms with Crippen molar-refractivity contribution in [2.24, 2.45) is 0 Å². The molecule has 0 radical (unpaired) electrons. The summed E-state index contributed by atoms with van der Waals surface area (Å²) < 4.78 is 16.0. The minimum absolute atomic E-state index is 0.0512.